The first kappa shape index (κ1) is 10.6. The van der Waals surface area contributed by atoms with Gasteiger partial charge in [-0.15, -0.1) is 0 Å². The number of nitrogens with zero attached hydrogens (tertiary/aromatic N) is 1. The number of furan rings is 1. The molecule has 4 nitrogen and oxygen atoms in total. The second-order valence-electron chi connectivity index (χ2n) is 4.75. The van der Waals surface area contributed by atoms with Crippen LogP contribution in [0.2, 0.25) is 0 Å². The summed E-state index contributed by atoms with van der Waals surface area (Å²) in [7, 11) is 0. The summed E-state index contributed by atoms with van der Waals surface area (Å²) in [6.07, 6.45) is 4.62. The number of hydrogen-bond acceptors (Lipinski definition) is 3. The van der Waals surface area contributed by atoms with Crippen LogP contribution in [0.5, 0.6) is 0 Å². The van der Waals surface area contributed by atoms with E-state index in [1.54, 1.807) is 0 Å². The van der Waals surface area contributed by atoms with Crippen molar-refractivity contribution in [2.75, 3.05) is 6.54 Å². The van der Waals surface area contributed by atoms with Crippen LogP contribution in [0.1, 0.15) is 24.2 Å². The molecule has 0 unspecified atom stereocenters. The molecule has 0 spiro atoms. The van der Waals surface area contributed by atoms with Crippen molar-refractivity contribution in [3.63, 3.8) is 0 Å². The van der Waals surface area contributed by atoms with E-state index >= 15 is 0 Å². The van der Waals surface area contributed by atoms with E-state index in [1.807, 2.05) is 25.3 Å². The van der Waals surface area contributed by atoms with E-state index < -0.39 is 0 Å². The van der Waals surface area contributed by atoms with Gasteiger partial charge in [-0.3, -0.25) is 5.10 Å². The second-order valence-corrected chi connectivity index (χ2v) is 4.75. The largest absolute Gasteiger partial charge is 0.460 e. The van der Waals surface area contributed by atoms with Gasteiger partial charge in [-0.2, -0.15) is 5.10 Å². The normalized spacial score (nSPS) is 15.4. The summed E-state index contributed by atoms with van der Waals surface area (Å²) in [5, 5.41) is 10.6. The van der Waals surface area contributed by atoms with Crippen LogP contribution >= 0.6 is 0 Å². The van der Waals surface area contributed by atoms with E-state index in [0.29, 0.717) is 0 Å². The highest BCUT2D eigenvalue weighted by atomic mass is 16.3. The van der Waals surface area contributed by atoms with Crippen LogP contribution in [-0.2, 0) is 6.54 Å². The lowest BCUT2D eigenvalue weighted by Crippen LogP contribution is -2.16. The van der Waals surface area contributed by atoms with Crippen LogP contribution in [0, 0.1) is 12.8 Å². The zero-order valence-electron chi connectivity index (χ0n) is 9.99. The van der Waals surface area contributed by atoms with Crippen molar-refractivity contribution in [1.29, 1.82) is 0 Å². The Morgan fingerprint density at radius 2 is 2.35 bits per heavy atom. The Labute approximate surface area is 100 Å². The highest BCUT2D eigenvalue weighted by Crippen LogP contribution is 2.28. The number of rotatable bonds is 5. The summed E-state index contributed by atoms with van der Waals surface area (Å²) in [5.41, 5.74) is 2.15. The van der Waals surface area contributed by atoms with Crippen molar-refractivity contribution in [3.8, 4) is 11.5 Å². The first-order valence-electron chi connectivity index (χ1n) is 6.12. The molecule has 1 aliphatic carbocycles. The van der Waals surface area contributed by atoms with Crippen LogP contribution in [0.15, 0.2) is 22.7 Å². The van der Waals surface area contributed by atoms with Crippen molar-refractivity contribution >= 4 is 0 Å². The summed E-state index contributed by atoms with van der Waals surface area (Å²) in [4.78, 5) is 0. The van der Waals surface area contributed by atoms with Crippen LogP contribution in [0.25, 0.3) is 11.5 Å². The molecular formula is C13H17N3O. The minimum absolute atomic E-state index is 0.849. The Hall–Kier alpha value is -1.55. The van der Waals surface area contributed by atoms with Gasteiger partial charge in [-0.05, 0) is 44.4 Å². The minimum atomic E-state index is 0.849. The van der Waals surface area contributed by atoms with Gasteiger partial charge in [0.25, 0.3) is 0 Å². The highest BCUT2D eigenvalue weighted by molar-refractivity contribution is 5.56. The Morgan fingerprint density at radius 1 is 1.47 bits per heavy atom. The fraction of sp³-hybridized carbons (Fsp3) is 0.462. The molecule has 17 heavy (non-hydrogen) atoms. The summed E-state index contributed by atoms with van der Waals surface area (Å²) in [6, 6.07) is 3.95. The molecule has 1 saturated carbocycles. The van der Waals surface area contributed by atoms with Crippen molar-refractivity contribution in [2.24, 2.45) is 5.92 Å². The molecule has 2 N–H and O–H groups in total. The van der Waals surface area contributed by atoms with Gasteiger partial charge < -0.3 is 9.73 Å². The molecule has 0 bridgehead atoms. The van der Waals surface area contributed by atoms with Crippen molar-refractivity contribution in [1.82, 2.24) is 15.5 Å². The van der Waals surface area contributed by atoms with Crippen LogP contribution in [0.3, 0.4) is 0 Å². The van der Waals surface area contributed by atoms with E-state index in [0.717, 1.165) is 36.2 Å². The first-order valence-corrected chi connectivity index (χ1v) is 6.12. The molecule has 1 aliphatic rings. The lowest BCUT2D eigenvalue weighted by molar-refractivity contribution is 0.545. The van der Waals surface area contributed by atoms with Gasteiger partial charge in [0.1, 0.15) is 11.5 Å². The lowest BCUT2D eigenvalue weighted by Gasteiger charge is -2.03. The van der Waals surface area contributed by atoms with Crippen LogP contribution < -0.4 is 5.32 Å². The number of aromatic amines is 1. The molecule has 4 heteroatoms. The summed E-state index contributed by atoms with van der Waals surface area (Å²) < 4.78 is 5.61. The molecule has 2 aromatic rings. The van der Waals surface area contributed by atoms with E-state index in [9.17, 15) is 0 Å². The molecule has 0 saturated heterocycles. The van der Waals surface area contributed by atoms with Gasteiger partial charge in [0.2, 0.25) is 0 Å². The molecule has 90 valence electrons. The van der Waals surface area contributed by atoms with Crippen molar-refractivity contribution < 1.29 is 4.42 Å². The third-order valence-corrected chi connectivity index (χ3v) is 3.15. The predicted molar refractivity (Wildman–Crippen MR) is 65.5 cm³/mol. The summed E-state index contributed by atoms with van der Waals surface area (Å²) in [6.45, 7) is 3.91. The third-order valence-electron chi connectivity index (χ3n) is 3.15. The standard InChI is InChI=1S/C13H17N3O/c1-9-2-5-12(17-9)13-11(8-15-16-13)7-14-6-10-3-4-10/h2,5,8,10,14H,3-4,6-7H2,1H3,(H,15,16). The highest BCUT2D eigenvalue weighted by Gasteiger charge is 2.20. The first-order chi connectivity index (χ1) is 8.33. The predicted octanol–water partition coefficient (Wildman–Crippen LogP) is 2.48. The number of aromatic nitrogens is 2. The monoisotopic (exact) mass is 231 g/mol. The number of H-pyrrole nitrogens is 1. The Kier molecular flexibility index (Phi) is 2.73. The number of aryl methyl sites for hydroxylation is 1. The zero-order chi connectivity index (χ0) is 11.7. The third kappa shape index (κ3) is 2.42. The van der Waals surface area contributed by atoms with Gasteiger partial charge in [0.15, 0.2) is 5.76 Å². The smallest absolute Gasteiger partial charge is 0.152 e. The maximum Gasteiger partial charge on any atom is 0.152 e. The van der Waals surface area contributed by atoms with Crippen molar-refractivity contribution in [2.45, 2.75) is 26.3 Å². The van der Waals surface area contributed by atoms with Crippen LogP contribution in [-0.4, -0.2) is 16.7 Å². The summed E-state index contributed by atoms with van der Waals surface area (Å²) >= 11 is 0. The average Bonchev–Trinajstić information content (AvgIpc) is 2.85. The molecule has 2 heterocycles. The molecule has 0 radical (unpaired) electrons. The Bertz CT molecular complexity index is 496. The number of hydrogen-bond donors (Lipinski definition) is 2. The van der Waals surface area contributed by atoms with E-state index in [1.165, 1.54) is 18.4 Å². The quantitative estimate of drug-likeness (QED) is 0.831. The van der Waals surface area contributed by atoms with Crippen LogP contribution in [0.4, 0.5) is 0 Å². The van der Waals surface area contributed by atoms with E-state index in [2.05, 4.69) is 15.5 Å². The molecular weight excluding hydrogens is 214 g/mol. The zero-order valence-corrected chi connectivity index (χ0v) is 9.99. The lowest BCUT2D eigenvalue weighted by atomic mass is 10.2. The molecule has 0 amide bonds. The molecule has 0 aliphatic heterocycles. The molecule has 2 aromatic heterocycles. The fourth-order valence-electron chi connectivity index (χ4n) is 1.96. The summed E-state index contributed by atoms with van der Waals surface area (Å²) in [5.74, 6) is 2.69. The van der Waals surface area contributed by atoms with Gasteiger partial charge in [0, 0.05) is 12.1 Å². The van der Waals surface area contributed by atoms with Gasteiger partial charge in [-0.25, -0.2) is 0 Å². The van der Waals surface area contributed by atoms with E-state index in [-0.39, 0.29) is 0 Å². The van der Waals surface area contributed by atoms with Gasteiger partial charge >= 0.3 is 0 Å². The molecule has 0 atom stereocenters. The Morgan fingerprint density at radius 3 is 3.06 bits per heavy atom. The van der Waals surface area contributed by atoms with E-state index in [4.69, 9.17) is 4.42 Å². The Balaban J connectivity index is 1.69. The molecule has 1 fully saturated rings. The van der Waals surface area contributed by atoms with Crippen molar-refractivity contribution in [3.05, 3.63) is 29.7 Å². The fourth-order valence-corrected chi connectivity index (χ4v) is 1.96. The topological polar surface area (TPSA) is 53.9 Å². The SMILES string of the molecule is Cc1ccc(-c2[nH]ncc2CNCC2CC2)o1. The second kappa shape index (κ2) is 4.37. The van der Waals surface area contributed by atoms with Gasteiger partial charge in [0.05, 0.1) is 6.20 Å². The molecule has 3 rings (SSSR count). The average molecular weight is 231 g/mol. The van der Waals surface area contributed by atoms with Gasteiger partial charge in [-0.1, -0.05) is 0 Å². The maximum atomic E-state index is 5.61. The number of nitrogens with one attached hydrogen (secondary N) is 2. The minimum Gasteiger partial charge on any atom is -0.460 e. The molecule has 0 aromatic carbocycles. The maximum absolute atomic E-state index is 5.61.